The molecule has 0 amide bonds. The highest BCUT2D eigenvalue weighted by Crippen LogP contribution is 2.18. The van der Waals surface area contributed by atoms with E-state index in [4.69, 9.17) is 9.47 Å². The zero-order valence-electron chi connectivity index (χ0n) is 11.8. The van der Waals surface area contributed by atoms with Crippen LogP contribution in [0.3, 0.4) is 0 Å². The molecular weight excluding hydrogens is 274 g/mol. The molecule has 2 aromatic rings. The zero-order valence-corrected chi connectivity index (χ0v) is 12.6. The van der Waals surface area contributed by atoms with Gasteiger partial charge in [0.05, 0.1) is 13.7 Å². The van der Waals surface area contributed by atoms with Crippen molar-refractivity contribution in [3.05, 3.63) is 36.2 Å². The minimum atomic E-state index is 0.671. The molecule has 0 N–H and O–H groups in total. The molecule has 0 aliphatic heterocycles. The van der Waals surface area contributed by atoms with E-state index in [1.165, 1.54) is 5.56 Å². The van der Waals surface area contributed by atoms with E-state index in [1.807, 2.05) is 16.7 Å². The smallest absolute Gasteiger partial charge is 0.191 e. The molecule has 0 saturated carbocycles. The number of benzene rings is 1. The first-order valence-corrected chi connectivity index (χ1v) is 7.44. The van der Waals surface area contributed by atoms with E-state index in [0.29, 0.717) is 6.61 Å². The molecule has 0 bridgehead atoms. The molecule has 108 valence electrons. The molecule has 0 unspecified atom stereocenters. The molecular formula is C14H19N3O2S. The van der Waals surface area contributed by atoms with Crippen LogP contribution in [-0.2, 0) is 17.7 Å². The number of hydrogen-bond donors (Lipinski definition) is 0. The molecule has 2 rings (SSSR count). The summed E-state index contributed by atoms with van der Waals surface area (Å²) in [7, 11) is 3.37. The maximum atomic E-state index is 5.15. The van der Waals surface area contributed by atoms with E-state index in [2.05, 4.69) is 22.3 Å². The molecule has 0 saturated heterocycles. The van der Waals surface area contributed by atoms with E-state index < -0.39 is 0 Å². The third kappa shape index (κ3) is 4.25. The lowest BCUT2D eigenvalue weighted by Crippen LogP contribution is -2.04. The Hall–Kier alpha value is -1.53. The first kappa shape index (κ1) is 14.9. The van der Waals surface area contributed by atoms with E-state index in [9.17, 15) is 0 Å². The molecule has 20 heavy (non-hydrogen) atoms. The summed E-state index contributed by atoms with van der Waals surface area (Å²) in [5, 5.41) is 9.01. The SMILES string of the molecule is COCCn1cnnc1SCCc1ccc(OC)cc1. The Bertz CT molecular complexity index is 513. The molecule has 0 aliphatic carbocycles. The lowest BCUT2D eigenvalue weighted by atomic mass is 10.2. The summed E-state index contributed by atoms with van der Waals surface area (Å²) < 4.78 is 12.2. The van der Waals surface area contributed by atoms with Crippen LogP contribution in [0.5, 0.6) is 5.75 Å². The first-order valence-electron chi connectivity index (χ1n) is 6.46. The molecule has 1 aromatic carbocycles. The Kier molecular flexibility index (Phi) is 5.88. The van der Waals surface area contributed by atoms with E-state index >= 15 is 0 Å². The van der Waals surface area contributed by atoms with Crippen molar-refractivity contribution >= 4 is 11.8 Å². The number of aromatic nitrogens is 3. The molecule has 1 heterocycles. The Labute approximate surface area is 123 Å². The average molecular weight is 293 g/mol. The number of thioether (sulfide) groups is 1. The predicted octanol–water partition coefficient (Wildman–Crippen LogP) is 2.27. The van der Waals surface area contributed by atoms with Crippen LogP contribution in [0.25, 0.3) is 0 Å². The maximum absolute atomic E-state index is 5.15. The van der Waals surface area contributed by atoms with Gasteiger partial charge in [0, 0.05) is 19.4 Å². The highest BCUT2D eigenvalue weighted by atomic mass is 32.2. The third-order valence-corrected chi connectivity index (χ3v) is 3.88. The number of methoxy groups -OCH3 is 2. The average Bonchev–Trinajstić information content (AvgIpc) is 2.93. The van der Waals surface area contributed by atoms with Gasteiger partial charge in [-0.1, -0.05) is 23.9 Å². The fourth-order valence-corrected chi connectivity index (χ4v) is 2.68. The Morgan fingerprint density at radius 3 is 2.70 bits per heavy atom. The van der Waals surface area contributed by atoms with Crippen LogP contribution in [0.2, 0.25) is 0 Å². The Morgan fingerprint density at radius 1 is 1.20 bits per heavy atom. The number of rotatable bonds is 8. The predicted molar refractivity (Wildman–Crippen MR) is 79.3 cm³/mol. The van der Waals surface area contributed by atoms with Gasteiger partial charge in [0.2, 0.25) is 0 Å². The van der Waals surface area contributed by atoms with Gasteiger partial charge in [-0.25, -0.2) is 0 Å². The fourth-order valence-electron chi connectivity index (χ4n) is 1.75. The van der Waals surface area contributed by atoms with Crippen LogP contribution in [-0.4, -0.2) is 41.3 Å². The van der Waals surface area contributed by atoms with Crippen molar-refractivity contribution in [1.29, 1.82) is 0 Å². The second-order valence-electron chi connectivity index (χ2n) is 4.25. The summed E-state index contributed by atoms with van der Waals surface area (Å²) in [5.41, 5.74) is 1.29. The van der Waals surface area contributed by atoms with Crippen molar-refractivity contribution in [3.63, 3.8) is 0 Å². The van der Waals surface area contributed by atoms with Crippen LogP contribution in [0.15, 0.2) is 35.7 Å². The molecule has 0 atom stereocenters. The van der Waals surface area contributed by atoms with Crippen LogP contribution >= 0.6 is 11.8 Å². The van der Waals surface area contributed by atoms with Crippen molar-refractivity contribution in [2.45, 2.75) is 18.1 Å². The van der Waals surface area contributed by atoms with Gasteiger partial charge in [-0.3, -0.25) is 0 Å². The van der Waals surface area contributed by atoms with Crippen molar-refractivity contribution in [1.82, 2.24) is 14.8 Å². The fraction of sp³-hybridized carbons (Fsp3) is 0.429. The van der Waals surface area contributed by atoms with E-state index in [-0.39, 0.29) is 0 Å². The van der Waals surface area contributed by atoms with Crippen LogP contribution < -0.4 is 4.74 Å². The monoisotopic (exact) mass is 293 g/mol. The number of aryl methyl sites for hydroxylation is 1. The highest BCUT2D eigenvalue weighted by molar-refractivity contribution is 7.99. The number of ether oxygens (including phenoxy) is 2. The van der Waals surface area contributed by atoms with E-state index in [1.54, 1.807) is 32.3 Å². The van der Waals surface area contributed by atoms with Crippen LogP contribution in [0.4, 0.5) is 0 Å². The zero-order chi connectivity index (χ0) is 14.2. The third-order valence-electron chi connectivity index (χ3n) is 2.90. The minimum Gasteiger partial charge on any atom is -0.497 e. The normalized spacial score (nSPS) is 10.7. The number of nitrogens with zero attached hydrogens (tertiary/aromatic N) is 3. The Balaban J connectivity index is 1.81. The van der Waals surface area contributed by atoms with Gasteiger partial charge in [0.1, 0.15) is 12.1 Å². The molecule has 0 fully saturated rings. The molecule has 1 aromatic heterocycles. The van der Waals surface area contributed by atoms with Gasteiger partial charge in [0.25, 0.3) is 0 Å². The second kappa shape index (κ2) is 7.91. The van der Waals surface area contributed by atoms with Gasteiger partial charge in [-0.15, -0.1) is 10.2 Å². The van der Waals surface area contributed by atoms with Gasteiger partial charge in [0.15, 0.2) is 5.16 Å². The molecule has 6 heteroatoms. The minimum absolute atomic E-state index is 0.671. The summed E-state index contributed by atoms with van der Waals surface area (Å²) >= 11 is 1.71. The molecule has 0 aliphatic rings. The summed E-state index contributed by atoms with van der Waals surface area (Å²) in [6.07, 6.45) is 2.74. The summed E-state index contributed by atoms with van der Waals surface area (Å²) in [6, 6.07) is 8.16. The molecule has 0 spiro atoms. The van der Waals surface area contributed by atoms with Crippen molar-refractivity contribution in [2.24, 2.45) is 0 Å². The topological polar surface area (TPSA) is 49.2 Å². The summed E-state index contributed by atoms with van der Waals surface area (Å²) in [4.78, 5) is 0. The quantitative estimate of drug-likeness (QED) is 0.699. The highest BCUT2D eigenvalue weighted by Gasteiger charge is 2.04. The standard InChI is InChI=1S/C14H19N3O2S/c1-18-9-8-17-11-15-16-14(17)20-10-7-12-3-5-13(19-2)6-4-12/h3-6,11H,7-10H2,1-2H3. The lowest BCUT2D eigenvalue weighted by Gasteiger charge is -2.06. The molecule has 5 nitrogen and oxygen atoms in total. The Morgan fingerprint density at radius 2 is 2.00 bits per heavy atom. The van der Waals surface area contributed by atoms with Gasteiger partial charge < -0.3 is 14.0 Å². The molecule has 0 radical (unpaired) electrons. The van der Waals surface area contributed by atoms with Crippen LogP contribution in [0, 0.1) is 0 Å². The maximum Gasteiger partial charge on any atom is 0.191 e. The van der Waals surface area contributed by atoms with Crippen LogP contribution in [0.1, 0.15) is 5.56 Å². The lowest BCUT2D eigenvalue weighted by molar-refractivity contribution is 0.184. The second-order valence-corrected chi connectivity index (χ2v) is 5.31. The largest absolute Gasteiger partial charge is 0.497 e. The van der Waals surface area contributed by atoms with Gasteiger partial charge in [-0.2, -0.15) is 0 Å². The first-order chi connectivity index (χ1) is 9.83. The summed E-state index contributed by atoms with van der Waals surface area (Å²) in [5.74, 6) is 1.86. The van der Waals surface area contributed by atoms with Crippen molar-refractivity contribution in [2.75, 3.05) is 26.6 Å². The van der Waals surface area contributed by atoms with Gasteiger partial charge >= 0.3 is 0 Å². The van der Waals surface area contributed by atoms with Crippen molar-refractivity contribution < 1.29 is 9.47 Å². The number of hydrogen-bond acceptors (Lipinski definition) is 5. The van der Waals surface area contributed by atoms with Gasteiger partial charge in [-0.05, 0) is 24.1 Å². The summed E-state index contributed by atoms with van der Waals surface area (Å²) in [6.45, 7) is 1.46. The van der Waals surface area contributed by atoms with E-state index in [0.717, 1.165) is 29.6 Å². The van der Waals surface area contributed by atoms with Crippen molar-refractivity contribution in [3.8, 4) is 5.75 Å².